The van der Waals surface area contributed by atoms with Crippen molar-refractivity contribution in [2.75, 3.05) is 0 Å². The van der Waals surface area contributed by atoms with Gasteiger partial charge in [-0.15, -0.1) is 0 Å². The average Bonchev–Trinajstić information content (AvgIpc) is 1.98. The third-order valence-corrected chi connectivity index (χ3v) is 1.55. The second-order valence-corrected chi connectivity index (χ2v) is 4.42. The van der Waals surface area contributed by atoms with Gasteiger partial charge in [0.25, 0.3) is 0 Å². The fourth-order valence-corrected chi connectivity index (χ4v) is 1.03. The van der Waals surface area contributed by atoms with Crippen molar-refractivity contribution in [3.63, 3.8) is 0 Å². The molecule has 0 aromatic heterocycles. The molecule has 0 aliphatic rings. The summed E-state index contributed by atoms with van der Waals surface area (Å²) in [6.07, 6.45) is -0.105. The molecular weight excluding hydrogens is 212 g/mol. The number of ether oxygens (including phenoxy) is 1. The van der Waals surface area contributed by atoms with Crippen molar-refractivity contribution < 1.29 is 19.1 Å². The highest BCUT2D eigenvalue weighted by Gasteiger charge is 2.20. The van der Waals surface area contributed by atoms with Gasteiger partial charge in [-0.1, -0.05) is 0 Å². The van der Waals surface area contributed by atoms with E-state index in [9.17, 15) is 14.4 Å². The number of nitrogens with one attached hydrogen (secondary N) is 1. The monoisotopic (exact) mass is 230 g/mol. The van der Waals surface area contributed by atoms with Gasteiger partial charge in [0.1, 0.15) is 11.9 Å². The van der Waals surface area contributed by atoms with Gasteiger partial charge >= 0.3 is 6.09 Å². The molecule has 6 nitrogen and oxygen atoms in total. The van der Waals surface area contributed by atoms with Crippen LogP contribution in [0.5, 0.6) is 0 Å². The SMILES string of the molecule is CC(C)(C)OC(=O)N[C@@H](CC=O)CC(N)=O. The van der Waals surface area contributed by atoms with Crippen LogP contribution in [-0.2, 0) is 14.3 Å². The molecule has 0 aromatic rings. The van der Waals surface area contributed by atoms with E-state index in [1.54, 1.807) is 20.8 Å². The van der Waals surface area contributed by atoms with Gasteiger partial charge in [0.15, 0.2) is 0 Å². The first kappa shape index (κ1) is 14.4. The Hall–Kier alpha value is -1.59. The van der Waals surface area contributed by atoms with Crippen LogP contribution in [0.3, 0.4) is 0 Å². The van der Waals surface area contributed by atoms with Gasteiger partial charge in [-0.3, -0.25) is 4.79 Å². The summed E-state index contributed by atoms with van der Waals surface area (Å²) >= 11 is 0. The first-order valence-electron chi connectivity index (χ1n) is 4.96. The Labute approximate surface area is 94.5 Å². The number of primary amides is 1. The van der Waals surface area contributed by atoms with E-state index in [-0.39, 0.29) is 12.8 Å². The smallest absolute Gasteiger partial charge is 0.407 e. The minimum absolute atomic E-state index is 0.0299. The highest BCUT2D eigenvalue weighted by molar-refractivity contribution is 5.76. The van der Waals surface area contributed by atoms with E-state index >= 15 is 0 Å². The van der Waals surface area contributed by atoms with Gasteiger partial charge < -0.3 is 20.6 Å². The number of hydrogen-bond donors (Lipinski definition) is 2. The number of carbonyl (C=O) groups excluding carboxylic acids is 3. The normalized spacial score (nSPS) is 12.7. The Morgan fingerprint density at radius 1 is 1.44 bits per heavy atom. The summed E-state index contributed by atoms with van der Waals surface area (Å²) in [7, 11) is 0. The number of amides is 2. The topological polar surface area (TPSA) is 98.5 Å². The maximum Gasteiger partial charge on any atom is 0.407 e. The van der Waals surface area contributed by atoms with Gasteiger partial charge in [0.05, 0.1) is 0 Å². The van der Waals surface area contributed by atoms with Crippen LogP contribution in [-0.4, -0.2) is 29.9 Å². The molecule has 92 valence electrons. The van der Waals surface area contributed by atoms with Crippen molar-refractivity contribution in [2.45, 2.75) is 45.3 Å². The van der Waals surface area contributed by atoms with Gasteiger partial charge in [0.2, 0.25) is 5.91 Å². The van der Waals surface area contributed by atoms with Crippen LogP contribution in [0.15, 0.2) is 0 Å². The van der Waals surface area contributed by atoms with E-state index < -0.39 is 23.6 Å². The summed E-state index contributed by atoms with van der Waals surface area (Å²) in [5.74, 6) is -0.581. The molecule has 3 N–H and O–H groups in total. The molecule has 1 atom stereocenters. The molecular formula is C10H18N2O4. The van der Waals surface area contributed by atoms with Gasteiger partial charge in [-0.2, -0.15) is 0 Å². The lowest BCUT2D eigenvalue weighted by Crippen LogP contribution is -2.41. The zero-order valence-electron chi connectivity index (χ0n) is 9.78. The molecule has 0 saturated carbocycles. The second kappa shape index (κ2) is 6.09. The van der Waals surface area contributed by atoms with Crippen molar-refractivity contribution in [3.05, 3.63) is 0 Å². The van der Waals surface area contributed by atoms with Crippen molar-refractivity contribution in [1.29, 1.82) is 0 Å². The second-order valence-electron chi connectivity index (χ2n) is 4.42. The molecule has 0 aliphatic heterocycles. The summed E-state index contributed by atoms with van der Waals surface area (Å²) < 4.78 is 4.98. The molecule has 0 unspecified atom stereocenters. The highest BCUT2D eigenvalue weighted by atomic mass is 16.6. The number of nitrogens with two attached hydrogens (primary N) is 1. The molecule has 0 aromatic carbocycles. The first-order chi connectivity index (χ1) is 7.24. The van der Waals surface area contributed by atoms with Crippen LogP contribution in [0, 0.1) is 0 Å². The molecule has 0 radical (unpaired) electrons. The fraction of sp³-hybridized carbons (Fsp3) is 0.700. The van der Waals surface area contributed by atoms with Crippen LogP contribution < -0.4 is 11.1 Å². The lowest BCUT2D eigenvalue weighted by molar-refractivity contribution is -0.118. The van der Waals surface area contributed by atoms with Crippen molar-refractivity contribution in [1.82, 2.24) is 5.32 Å². The zero-order valence-corrected chi connectivity index (χ0v) is 9.78. The third kappa shape index (κ3) is 7.78. The Morgan fingerprint density at radius 2 is 2.00 bits per heavy atom. The third-order valence-electron chi connectivity index (χ3n) is 1.55. The maximum absolute atomic E-state index is 11.3. The maximum atomic E-state index is 11.3. The number of hydrogen-bond acceptors (Lipinski definition) is 4. The summed E-state index contributed by atoms with van der Waals surface area (Å²) in [5.41, 5.74) is 4.36. The molecule has 0 heterocycles. The number of aldehydes is 1. The Kier molecular flexibility index (Phi) is 5.49. The van der Waals surface area contributed by atoms with E-state index in [0.29, 0.717) is 6.29 Å². The molecule has 6 heteroatoms. The standard InChI is InChI=1S/C10H18N2O4/c1-10(2,3)16-9(15)12-7(4-5-13)6-8(11)14/h5,7H,4,6H2,1-3H3,(H2,11,14)(H,12,15)/t7-/m0/s1. The molecule has 0 spiro atoms. The van der Waals surface area contributed by atoms with Gasteiger partial charge in [0, 0.05) is 18.9 Å². The van der Waals surface area contributed by atoms with Crippen molar-refractivity contribution in [3.8, 4) is 0 Å². The van der Waals surface area contributed by atoms with Crippen LogP contribution >= 0.6 is 0 Å². The zero-order chi connectivity index (χ0) is 12.8. The lowest BCUT2D eigenvalue weighted by Gasteiger charge is -2.22. The van der Waals surface area contributed by atoms with E-state index in [1.807, 2.05) is 0 Å². The number of alkyl carbamates (subject to hydrolysis) is 1. The van der Waals surface area contributed by atoms with Gasteiger partial charge in [-0.05, 0) is 20.8 Å². The largest absolute Gasteiger partial charge is 0.444 e. The molecule has 0 fully saturated rings. The summed E-state index contributed by atoms with van der Waals surface area (Å²) in [6, 6.07) is -0.607. The van der Waals surface area contributed by atoms with E-state index in [4.69, 9.17) is 10.5 Å². The minimum Gasteiger partial charge on any atom is -0.444 e. The molecule has 0 bridgehead atoms. The average molecular weight is 230 g/mol. The van der Waals surface area contributed by atoms with E-state index in [2.05, 4.69) is 5.32 Å². The van der Waals surface area contributed by atoms with Crippen molar-refractivity contribution >= 4 is 18.3 Å². The predicted octanol–water partition coefficient (Wildman–Crippen LogP) is 0.344. The molecule has 2 amide bonds. The summed E-state index contributed by atoms with van der Waals surface area (Å²) in [4.78, 5) is 32.3. The quantitative estimate of drug-likeness (QED) is 0.665. The molecule has 16 heavy (non-hydrogen) atoms. The molecule has 0 aliphatic carbocycles. The molecule has 0 rings (SSSR count). The molecule has 0 saturated heterocycles. The highest BCUT2D eigenvalue weighted by Crippen LogP contribution is 2.07. The van der Waals surface area contributed by atoms with Crippen LogP contribution in [0.2, 0.25) is 0 Å². The fourth-order valence-electron chi connectivity index (χ4n) is 1.03. The van der Waals surface area contributed by atoms with Crippen LogP contribution in [0.25, 0.3) is 0 Å². The Balaban J connectivity index is 4.22. The minimum atomic E-state index is -0.666. The Bertz CT molecular complexity index is 270. The predicted molar refractivity (Wildman–Crippen MR) is 57.7 cm³/mol. The lowest BCUT2D eigenvalue weighted by atomic mass is 10.1. The summed E-state index contributed by atoms with van der Waals surface area (Å²) in [6.45, 7) is 5.15. The summed E-state index contributed by atoms with van der Waals surface area (Å²) in [5, 5.41) is 2.41. The number of rotatable bonds is 5. The van der Waals surface area contributed by atoms with Crippen molar-refractivity contribution in [2.24, 2.45) is 5.73 Å². The van der Waals surface area contributed by atoms with Gasteiger partial charge in [-0.25, -0.2) is 4.79 Å². The van der Waals surface area contributed by atoms with Crippen LogP contribution in [0.4, 0.5) is 4.79 Å². The van der Waals surface area contributed by atoms with Crippen LogP contribution in [0.1, 0.15) is 33.6 Å². The first-order valence-corrected chi connectivity index (χ1v) is 4.96. The Morgan fingerprint density at radius 3 is 2.38 bits per heavy atom. The van der Waals surface area contributed by atoms with E-state index in [1.165, 1.54) is 0 Å². The van der Waals surface area contributed by atoms with E-state index in [0.717, 1.165) is 0 Å². The number of carbonyl (C=O) groups is 3.